The van der Waals surface area contributed by atoms with E-state index in [0.717, 1.165) is 37.4 Å². The lowest BCUT2D eigenvalue weighted by atomic mass is 9.85. The third-order valence-electron chi connectivity index (χ3n) is 7.31. The summed E-state index contributed by atoms with van der Waals surface area (Å²) in [4.78, 5) is 8.75. The van der Waals surface area contributed by atoms with Crippen molar-refractivity contribution in [2.75, 3.05) is 32.7 Å². The van der Waals surface area contributed by atoms with Gasteiger partial charge in [0, 0.05) is 17.9 Å². The topological polar surface area (TPSA) is 74.7 Å². The molecule has 1 aromatic heterocycles. The molecule has 5 rings (SSSR count). The highest BCUT2D eigenvalue weighted by molar-refractivity contribution is 5.61. The van der Waals surface area contributed by atoms with Crippen molar-refractivity contribution >= 4 is 5.69 Å². The van der Waals surface area contributed by atoms with Crippen LogP contribution < -0.4 is 19.5 Å². The van der Waals surface area contributed by atoms with Crippen molar-refractivity contribution in [1.82, 2.24) is 9.97 Å². The smallest absolute Gasteiger partial charge is 0.244 e. The van der Waals surface area contributed by atoms with Gasteiger partial charge < -0.3 is 24.3 Å². The van der Waals surface area contributed by atoms with E-state index in [-0.39, 0.29) is 5.60 Å². The van der Waals surface area contributed by atoms with Crippen LogP contribution in [0.3, 0.4) is 0 Å². The molecule has 7 heteroatoms. The van der Waals surface area contributed by atoms with Crippen molar-refractivity contribution in [3.8, 4) is 17.5 Å². The number of anilines is 1. The minimum Gasteiger partial charge on any atom is -0.493 e. The van der Waals surface area contributed by atoms with Crippen LogP contribution in [0, 0.1) is 26.7 Å². The van der Waals surface area contributed by atoms with Gasteiger partial charge in [-0.1, -0.05) is 6.92 Å². The summed E-state index contributed by atoms with van der Waals surface area (Å²) >= 11 is 0. The first-order valence-electron chi connectivity index (χ1n) is 11.7. The highest BCUT2D eigenvalue weighted by atomic mass is 16.5. The van der Waals surface area contributed by atoms with Crippen molar-refractivity contribution < 1.29 is 18.9 Å². The number of nitrogens with zero attached hydrogens (tertiary/aromatic N) is 2. The lowest BCUT2D eigenvalue weighted by Gasteiger charge is -2.28. The van der Waals surface area contributed by atoms with Crippen LogP contribution in [-0.4, -0.2) is 42.9 Å². The molecule has 0 radical (unpaired) electrons. The molecule has 0 bridgehead atoms. The van der Waals surface area contributed by atoms with E-state index in [1.807, 2.05) is 6.92 Å². The highest BCUT2D eigenvalue weighted by Crippen LogP contribution is 2.55. The summed E-state index contributed by atoms with van der Waals surface area (Å²) < 4.78 is 23.4. The fourth-order valence-electron chi connectivity index (χ4n) is 5.37. The number of benzene rings is 1. The Hall–Kier alpha value is -2.96. The maximum Gasteiger partial charge on any atom is 0.244 e. The number of hydrogen-bond donors (Lipinski definition) is 1. The van der Waals surface area contributed by atoms with Crippen LogP contribution in [0.1, 0.15) is 53.8 Å². The minimum absolute atomic E-state index is 0.220. The summed E-state index contributed by atoms with van der Waals surface area (Å²) in [5.41, 5.74) is 5.78. The molecule has 7 nitrogen and oxygen atoms in total. The van der Waals surface area contributed by atoms with Crippen LogP contribution in [0.4, 0.5) is 5.69 Å². The van der Waals surface area contributed by atoms with Crippen LogP contribution in [0.15, 0.2) is 17.9 Å². The van der Waals surface area contributed by atoms with E-state index >= 15 is 0 Å². The van der Waals surface area contributed by atoms with Crippen molar-refractivity contribution in [3.05, 3.63) is 46.0 Å². The van der Waals surface area contributed by atoms with E-state index in [9.17, 15) is 0 Å². The van der Waals surface area contributed by atoms with Gasteiger partial charge in [-0.05, 0) is 68.4 Å². The zero-order chi connectivity index (χ0) is 23.3. The average Bonchev–Trinajstić information content (AvgIpc) is 3.34. The molecule has 0 saturated heterocycles. The molecule has 1 aromatic carbocycles. The van der Waals surface area contributed by atoms with Gasteiger partial charge >= 0.3 is 0 Å². The van der Waals surface area contributed by atoms with E-state index in [0.29, 0.717) is 41.7 Å². The van der Waals surface area contributed by atoms with Gasteiger partial charge in [0.05, 0.1) is 33.1 Å². The number of hydrogen-bond acceptors (Lipinski definition) is 7. The Morgan fingerprint density at radius 2 is 1.88 bits per heavy atom. The highest BCUT2D eigenvalue weighted by Gasteiger charge is 2.59. The van der Waals surface area contributed by atoms with Crippen LogP contribution in [0.25, 0.3) is 0 Å². The van der Waals surface area contributed by atoms with Crippen molar-refractivity contribution in [2.45, 2.75) is 58.5 Å². The first kappa shape index (κ1) is 21.9. The maximum absolute atomic E-state index is 6.55. The molecule has 3 heterocycles. The standard InChI is InChI=1S/C26H33N3O4/c1-14-7-8-32-21-9-15(2)20(16(3)22(14)21)11-19-10-18-12-26(18,33-19)13-27-23-24(30-5)28-17(4)29-25(23)31-6/h9-10,14,18,27H,7-8,11-13H2,1-6H3. The monoisotopic (exact) mass is 451 g/mol. The third-order valence-corrected chi connectivity index (χ3v) is 7.31. The molecule has 1 fully saturated rings. The Morgan fingerprint density at radius 1 is 1.15 bits per heavy atom. The molecule has 3 atom stereocenters. The SMILES string of the molecule is COc1nc(C)nc(OC)c1NCC12CC1C=C(Cc1c(C)cc3c(c1C)C(C)CCO3)O2. The van der Waals surface area contributed by atoms with Crippen LogP contribution >= 0.6 is 0 Å². The second-order valence-electron chi connectivity index (χ2n) is 9.55. The minimum atomic E-state index is -0.220. The van der Waals surface area contributed by atoms with E-state index in [4.69, 9.17) is 18.9 Å². The number of aromatic nitrogens is 2. The largest absolute Gasteiger partial charge is 0.493 e. The summed E-state index contributed by atoms with van der Waals surface area (Å²) in [5.74, 6) is 4.63. The van der Waals surface area contributed by atoms with Gasteiger partial charge in [-0.25, -0.2) is 0 Å². The van der Waals surface area contributed by atoms with E-state index < -0.39 is 0 Å². The normalized spacial score (nSPS) is 24.7. The molecule has 3 unspecified atom stereocenters. The van der Waals surface area contributed by atoms with Crippen molar-refractivity contribution in [1.29, 1.82) is 0 Å². The first-order valence-corrected chi connectivity index (χ1v) is 11.7. The third kappa shape index (κ3) is 3.77. The van der Waals surface area contributed by atoms with Gasteiger partial charge in [0.1, 0.15) is 17.2 Å². The zero-order valence-electron chi connectivity index (χ0n) is 20.4. The van der Waals surface area contributed by atoms with Crippen molar-refractivity contribution in [2.24, 2.45) is 5.92 Å². The predicted octanol–water partition coefficient (Wildman–Crippen LogP) is 4.63. The number of aryl methyl sites for hydroxylation is 2. The quantitative estimate of drug-likeness (QED) is 0.658. The summed E-state index contributed by atoms with van der Waals surface area (Å²) in [5, 5.41) is 3.44. The molecule has 1 N–H and O–H groups in total. The molecule has 0 spiro atoms. The Bertz CT molecular complexity index is 1100. The number of rotatable bonds is 7. The molecule has 0 amide bonds. The summed E-state index contributed by atoms with van der Waals surface area (Å²) in [7, 11) is 3.21. The molecule has 3 aliphatic rings. The number of methoxy groups -OCH3 is 2. The second-order valence-corrected chi connectivity index (χ2v) is 9.55. The first-order chi connectivity index (χ1) is 15.8. The van der Waals surface area contributed by atoms with E-state index in [2.05, 4.69) is 48.2 Å². The molecule has 2 aromatic rings. The molecule has 2 aliphatic heterocycles. The van der Waals surface area contributed by atoms with Gasteiger partial charge in [0.25, 0.3) is 0 Å². The van der Waals surface area contributed by atoms with Crippen molar-refractivity contribution in [3.63, 3.8) is 0 Å². The van der Waals surface area contributed by atoms with Gasteiger partial charge in [0.15, 0.2) is 5.69 Å². The average molecular weight is 452 g/mol. The molecule has 33 heavy (non-hydrogen) atoms. The number of ether oxygens (including phenoxy) is 4. The fourth-order valence-corrected chi connectivity index (χ4v) is 5.37. The summed E-state index contributed by atoms with van der Waals surface area (Å²) in [6, 6.07) is 2.21. The molecule has 1 aliphatic carbocycles. The molecular formula is C26H33N3O4. The van der Waals surface area contributed by atoms with Crippen LogP contribution in [0.5, 0.6) is 17.5 Å². The number of allylic oxidation sites excluding steroid dienone is 1. The number of nitrogens with one attached hydrogen (secondary N) is 1. The molecular weight excluding hydrogens is 418 g/mol. The molecule has 176 valence electrons. The Labute approximate surface area is 195 Å². The molecule has 1 saturated carbocycles. The van der Waals surface area contributed by atoms with Gasteiger partial charge in [-0.15, -0.1) is 0 Å². The van der Waals surface area contributed by atoms with Crippen LogP contribution in [0.2, 0.25) is 0 Å². The predicted molar refractivity (Wildman–Crippen MR) is 127 cm³/mol. The number of fused-ring (bicyclic) bond motifs is 2. The van der Waals surface area contributed by atoms with Crippen LogP contribution in [-0.2, 0) is 11.2 Å². The summed E-state index contributed by atoms with van der Waals surface area (Å²) in [6.45, 7) is 9.97. The van der Waals surface area contributed by atoms with Gasteiger partial charge in [-0.2, -0.15) is 9.97 Å². The van der Waals surface area contributed by atoms with Gasteiger partial charge in [0.2, 0.25) is 11.8 Å². The Balaban J connectivity index is 1.31. The maximum atomic E-state index is 6.55. The summed E-state index contributed by atoms with van der Waals surface area (Å²) in [6.07, 6.45) is 5.20. The van der Waals surface area contributed by atoms with Gasteiger partial charge in [-0.3, -0.25) is 0 Å². The fraction of sp³-hybridized carbons (Fsp3) is 0.538. The lowest BCUT2D eigenvalue weighted by Crippen LogP contribution is -2.25. The Kier molecular flexibility index (Phi) is 5.38. The second kappa shape index (κ2) is 8.12. The van der Waals surface area contributed by atoms with E-state index in [1.165, 1.54) is 22.3 Å². The Morgan fingerprint density at radius 3 is 2.58 bits per heavy atom. The van der Waals surface area contributed by atoms with E-state index in [1.54, 1.807) is 14.2 Å². The zero-order valence-corrected chi connectivity index (χ0v) is 20.4. The lowest BCUT2D eigenvalue weighted by molar-refractivity contribution is 0.110.